The van der Waals surface area contributed by atoms with Crippen molar-refractivity contribution in [1.29, 1.82) is 0 Å². The molecule has 3 heterocycles. The molecule has 5 rings (SSSR count). The maximum Gasteiger partial charge on any atom is 0.131 e. The molecule has 2 aliphatic rings. The smallest absolute Gasteiger partial charge is 0.131 e. The maximum absolute atomic E-state index is 11.2. The maximum atomic E-state index is 11.2. The molecular weight excluding hydrogens is 460 g/mol. The highest BCUT2D eigenvalue weighted by atomic mass is 35.5. The number of hydrogen-bond donors (Lipinski definition) is 1. The lowest BCUT2D eigenvalue weighted by Gasteiger charge is -2.40. The first-order valence-corrected chi connectivity index (χ1v) is 12.2. The monoisotopic (exact) mass is 488 g/mol. The molecule has 35 heavy (non-hydrogen) atoms. The summed E-state index contributed by atoms with van der Waals surface area (Å²) in [6.45, 7) is 4.09. The summed E-state index contributed by atoms with van der Waals surface area (Å²) in [7, 11) is 1.67. The molecule has 0 saturated carbocycles. The minimum Gasteiger partial charge on any atom is -0.497 e. The zero-order valence-electron chi connectivity index (χ0n) is 20.0. The van der Waals surface area contributed by atoms with Gasteiger partial charge in [-0.25, -0.2) is 0 Å². The Kier molecular flexibility index (Phi) is 6.54. The van der Waals surface area contributed by atoms with Crippen molar-refractivity contribution in [3.63, 3.8) is 0 Å². The van der Waals surface area contributed by atoms with E-state index in [9.17, 15) is 5.11 Å². The lowest BCUT2D eigenvalue weighted by atomic mass is 9.84. The van der Waals surface area contributed by atoms with Crippen LogP contribution in [0.25, 0.3) is 5.57 Å². The van der Waals surface area contributed by atoms with Gasteiger partial charge in [-0.1, -0.05) is 35.9 Å². The number of allylic oxidation sites excluding steroid dienone is 3. The fourth-order valence-electron chi connectivity index (χ4n) is 4.83. The second-order valence-corrected chi connectivity index (χ2v) is 9.50. The molecule has 0 bridgehead atoms. The second-order valence-electron chi connectivity index (χ2n) is 9.06. The Hall–Kier alpha value is -3.28. The number of halogens is 1. The fraction of sp³-hybridized carbons (Fsp3) is 0.276. The molecule has 1 N–H and O–H groups in total. The van der Waals surface area contributed by atoms with Crippen LogP contribution in [0, 0.1) is 0 Å². The third-order valence-corrected chi connectivity index (χ3v) is 7.24. The Balaban J connectivity index is 1.42. The number of piperidine rings is 1. The van der Waals surface area contributed by atoms with Gasteiger partial charge < -0.3 is 19.5 Å². The normalized spacial score (nSPS) is 18.3. The molecule has 2 aromatic carbocycles. The Morgan fingerprint density at radius 2 is 1.89 bits per heavy atom. The fourth-order valence-corrected chi connectivity index (χ4v) is 4.95. The highest BCUT2D eigenvalue weighted by Crippen LogP contribution is 2.39. The van der Waals surface area contributed by atoms with E-state index in [0.717, 1.165) is 58.2 Å². The molecule has 0 unspecified atom stereocenters. The van der Waals surface area contributed by atoms with Crippen molar-refractivity contribution in [2.75, 3.05) is 20.2 Å². The molecule has 0 aliphatic carbocycles. The molecule has 180 valence electrons. The van der Waals surface area contributed by atoms with Gasteiger partial charge in [-0.3, -0.25) is 4.98 Å². The minimum absolute atomic E-state index is 0.422. The van der Waals surface area contributed by atoms with Crippen LogP contribution < -0.4 is 9.47 Å². The zero-order chi connectivity index (χ0) is 24.4. The largest absolute Gasteiger partial charge is 0.497 e. The van der Waals surface area contributed by atoms with Crippen LogP contribution in [0.3, 0.4) is 0 Å². The lowest BCUT2D eigenvalue weighted by molar-refractivity contribution is -0.0185. The van der Waals surface area contributed by atoms with Crippen molar-refractivity contribution >= 4 is 17.2 Å². The number of benzene rings is 2. The van der Waals surface area contributed by atoms with Crippen LogP contribution in [0.5, 0.6) is 11.5 Å². The van der Waals surface area contributed by atoms with Crippen LogP contribution in [0.2, 0.25) is 5.02 Å². The Morgan fingerprint density at radius 3 is 2.63 bits per heavy atom. The van der Waals surface area contributed by atoms with Gasteiger partial charge in [0.05, 0.1) is 18.4 Å². The Morgan fingerprint density at radius 1 is 1.11 bits per heavy atom. The summed E-state index contributed by atoms with van der Waals surface area (Å²) in [6, 6.07) is 17.5. The van der Waals surface area contributed by atoms with E-state index in [1.54, 1.807) is 13.3 Å². The summed E-state index contributed by atoms with van der Waals surface area (Å²) >= 11 is 6.03. The van der Waals surface area contributed by atoms with Crippen molar-refractivity contribution in [2.24, 2.45) is 0 Å². The number of rotatable bonds is 4. The molecule has 0 radical (unpaired) electrons. The summed E-state index contributed by atoms with van der Waals surface area (Å²) in [5, 5.41) is 11.9. The highest BCUT2D eigenvalue weighted by Gasteiger charge is 2.34. The third kappa shape index (κ3) is 4.79. The van der Waals surface area contributed by atoms with Gasteiger partial charge in [-0.15, -0.1) is 0 Å². The van der Waals surface area contributed by atoms with Gasteiger partial charge in [0.25, 0.3) is 0 Å². The van der Waals surface area contributed by atoms with E-state index in [1.165, 1.54) is 0 Å². The van der Waals surface area contributed by atoms with E-state index >= 15 is 0 Å². The average molecular weight is 489 g/mol. The Labute approximate surface area is 211 Å². The van der Waals surface area contributed by atoms with Gasteiger partial charge in [-0.05, 0) is 73.4 Å². The van der Waals surface area contributed by atoms with Gasteiger partial charge in [-0.2, -0.15) is 0 Å². The Bertz CT molecular complexity index is 1280. The molecular formula is C29H29ClN2O3. The predicted molar refractivity (Wildman–Crippen MR) is 139 cm³/mol. The molecule has 6 heteroatoms. The number of nitrogens with zero attached hydrogens (tertiary/aromatic N) is 2. The van der Waals surface area contributed by atoms with E-state index in [2.05, 4.69) is 35.0 Å². The SMILES string of the molecule is COc1ccc2c(c1)C(=CC=C(C)N1CCC(O)(c3ccc(Cl)cc3)CC1)c1cccnc1CO2. The van der Waals surface area contributed by atoms with Crippen molar-refractivity contribution in [3.05, 3.63) is 106 Å². The number of likely N-dealkylation sites (tertiary alicyclic amines) is 1. The van der Waals surface area contributed by atoms with Gasteiger partial charge >= 0.3 is 0 Å². The van der Waals surface area contributed by atoms with E-state index < -0.39 is 5.60 Å². The van der Waals surface area contributed by atoms with Crippen LogP contribution in [0.4, 0.5) is 0 Å². The molecule has 5 nitrogen and oxygen atoms in total. The van der Waals surface area contributed by atoms with E-state index in [0.29, 0.717) is 24.5 Å². The average Bonchev–Trinajstić information content (AvgIpc) is 3.04. The van der Waals surface area contributed by atoms with E-state index in [-0.39, 0.29) is 0 Å². The minimum atomic E-state index is -0.821. The van der Waals surface area contributed by atoms with Crippen molar-refractivity contribution < 1.29 is 14.6 Å². The number of ether oxygens (including phenoxy) is 2. The van der Waals surface area contributed by atoms with Crippen molar-refractivity contribution in [3.8, 4) is 11.5 Å². The van der Waals surface area contributed by atoms with Gasteiger partial charge in [0.1, 0.15) is 18.1 Å². The number of methoxy groups -OCH3 is 1. The number of pyridine rings is 1. The summed E-state index contributed by atoms with van der Waals surface area (Å²) in [5.74, 6) is 1.59. The van der Waals surface area contributed by atoms with Crippen LogP contribution in [0.1, 0.15) is 42.1 Å². The third-order valence-electron chi connectivity index (χ3n) is 6.98. The summed E-state index contributed by atoms with van der Waals surface area (Å²) in [5.41, 5.74) is 5.25. The first-order valence-electron chi connectivity index (χ1n) is 11.8. The number of aromatic nitrogens is 1. The molecule has 0 atom stereocenters. The topological polar surface area (TPSA) is 54.8 Å². The van der Waals surface area contributed by atoms with Crippen LogP contribution in [0.15, 0.2) is 78.6 Å². The van der Waals surface area contributed by atoms with Crippen molar-refractivity contribution in [1.82, 2.24) is 9.88 Å². The summed E-state index contributed by atoms with van der Waals surface area (Å²) in [6.07, 6.45) is 7.41. The highest BCUT2D eigenvalue weighted by molar-refractivity contribution is 6.30. The number of hydrogen-bond acceptors (Lipinski definition) is 5. The quantitative estimate of drug-likeness (QED) is 0.491. The van der Waals surface area contributed by atoms with Gasteiger partial charge in [0.15, 0.2) is 0 Å². The molecule has 3 aromatic rings. The molecule has 2 aliphatic heterocycles. The molecule has 1 aromatic heterocycles. The van der Waals surface area contributed by atoms with Gasteiger partial charge in [0, 0.05) is 41.1 Å². The first kappa shape index (κ1) is 23.5. The van der Waals surface area contributed by atoms with Crippen LogP contribution in [-0.4, -0.2) is 35.2 Å². The number of fused-ring (bicyclic) bond motifs is 2. The lowest BCUT2D eigenvalue weighted by Crippen LogP contribution is -2.41. The summed E-state index contributed by atoms with van der Waals surface area (Å²) < 4.78 is 11.6. The second kappa shape index (κ2) is 9.76. The molecule has 0 amide bonds. The number of aliphatic hydroxyl groups is 1. The standard InChI is InChI=1S/C29H29ClN2O3/c1-20(32-16-13-29(33,14-17-32)21-6-8-22(30)9-7-21)5-11-24-25-4-3-15-31-27(25)19-35-28-12-10-23(34-2)18-26(24)28/h3-12,15,18,33H,13-14,16-17,19H2,1-2H3. The van der Waals surface area contributed by atoms with Crippen LogP contribution in [-0.2, 0) is 12.2 Å². The van der Waals surface area contributed by atoms with E-state index in [4.69, 9.17) is 21.1 Å². The zero-order valence-corrected chi connectivity index (χ0v) is 20.8. The molecule has 0 spiro atoms. The molecule has 1 saturated heterocycles. The molecule has 1 fully saturated rings. The first-order chi connectivity index (χ1) is 17.0. The predicted octanol–water partition coefficient (Wildman–Crippen LogP) is 5.96. The van der Waals surface area contributed by atoms with Crippen LogP contribution >= 0.6 is 11.6 Å². The van der Waals surface area contributed by atoms with E-state index in [1.807, 2.05) is 48.5 Å². The van der Waals surface area contributed by atoms with Crippen molar-refractivity contribution in [2.45, 2.75) is 32.0 Å². The summed E-state index contributed by atoms with van der Waals surface area (Å²) in [4.78, 5) is 6.88. The van der Waals surface area contributed by atoms with Gasteiger partial charge in [0.2, 0.25) is 0 Å².